The number of hydrogen-bond acceptors (Lipinski definition) is 7. The van der Waals surface area contributed by atoms with Crippen LogP contribution >= 0.6 is 11.3 Å². The van der Waals surface area contributed by atoms with Crippen molar-refractivity contribution >= 4 is 22.4 Å². The van der Waals surface area contributed by atoms with E-state index in [1.807, 2.05) is 36.4 Å². The van der Waals surface area contributed by atoms with Crippen LogP contribution < -0.4 is 19.6 Å². The third-order valence-electron chi connectivity index (χ3n) is 4.16. The van der Waals surface area contributed by atoms with Crippen LogP contribution in [0.5, 0.6) is 11.5 Å². The number of ether oxygens (including phenoxy) is 2. The fourth-order valence-corrected chi connectivity index (χ4v) is 3.66. The SMILES string of the molecule is COc1cc(/C=c2\sc3nc(-c4cccnc4)nn3c2=O)ccc1OCC(C)C. The van der Waals surface area contributed by atoms with Gasteiger partial charge in [0.25, 0.3) is 5.56 Å². The lowest BCUT2D eigenvalue weighted by molar-refractivity contribution is 0.257. The standard InChI is InChI=1S/C21H20N4O3S/c1-13(2)12-28-16-7-6-14(9-17(16)27-3)10-18-20(26)25-21(29-18)23-19(24-25)15-5-4-8-22-11-15/h4-11,13H,12H2,1-3H3/b18-10-. The van der Waals surface area contributed by atoms with E-state index in [1.54, 1.807) is 19.5 Å². The van der Waals surface area contributed by atoms with E-state index in [0.717, 1.165) is 11.1 Å². The molecule has 0 spiro atoms. The molecule has 0 fully saturated rings. The third kappa shape index (κ3) is 3.97. The minimum Gasteiger partial charge on any atom is -0.493 e. The molecule has 0 aliphatic rings. The molecule has 0 aliphatic carbocycles. The Morgan fingerprint density at radius 2 is 2.10 bits per heavy atom. The molecule has 148 valence electrons. The molecule has 4 rings (SSSR count). The molecule has 0 unspecified atom stereocenters. The maximum Gasteiger partial charge on any atom is 0.291 e. The van der Waals surface area contributed by atoms with Gasteiger partial charge in [0.2, 0.25) is 4.96 Å². The van der Waals surface area contributed by atoms with Crippen molar-refractivity contribution in [2.75, 3.05) is 13.7 Å². The van der Waals surface area contributed by atoms with Crippen molar-refractivity contribution in [3.05, 3.63) is 63.2 Å². The number of benzene rings is 1. The number of nitrogens with zero attached hydrogens (tertiary/aromatic N) is 4. The van der Waals surface area contributed by atoms with Crippen LogP contribution in [0.2, 0.25) is 0 Å². The smallest absolute Gasteiger partial charge is 0.291 e. The van der Waals surface area contributed by atoms with Gasteiger partial charge in [0.05, 0.1) is 18.2 Å². The first-order valence-corrected chi connectivity index (χ1v) is 9.99. The summed E-state index contributed by atoms with van der Waals surface area (Å²) in [6.45, 7) is 4.79. The molecule has 3 aromatic heterocycles. The fourth-order valence-electron chi connectivity index (χ4n) is 2.75. The van der Waals surface area contributed by atoms with Gasteiger partial charge in [0, 0.05) is 18.0 Å². The Bertz CT molecular complexity index is 1250. The fraction of sp³-hybridized carbons (Fsp3) is 0.238. The first-order valence-electron chi connectivity index (χ1n) is 9.17. The lowest BCUT2D eigenvalue weighted by Gasteiger charge is -2.12. The summed E-state index contributed by atoms with van der Waals surface area (Å²) in [5, 5.41) is 4.33. The molecule has 0 saturated heterocycles. The quantitative estimate of drug-likeness (QED) is 0.488. The van der Waals surface area contributed by atoms with E-state index in [2.05, 4.69) is 28.9 Å². The lowest BCUT2D eigenvalue weighted by atomic mass is 10.2. The first kappa shape index (κ1) is 19.1. The van der Waals surface area contributed by atoms with Gasteiger partial charge in [-0.05, 0) is 41.8 Å². The van der Waals surface area contributed by atoms with Crippen LogP contribution in [0.25, 0.3) is 22.4 Å². The second-order valence-electron chi connectivity index (χ2n) is 6.90. The summed E-state index contributed by atoms with van der Waals surface area (Å²) in [5.74, 6) is 2.22. The van der Waals surface area contributed by atoms with Gasteiger partial charge >= 0.3 is 0 Å². The maximum absolute atomic E-state index is 12.7. The lowest BCUT2D eigenvalue weighted by Crippen LogP contribution is -2.23. The number of pyridine rings is 1. The highest BCUT2D eigenvalue weighted by atomic mass is 32.1. The Morgan fingerprint density at radius 1 is 1.24 bits per heavy atom. The summed E-state index contributed by atoms with van der Waals surface area (Å²) in [6, 6.07) is 9.28. The molecule has 0 bridgehead atoms. The van der Waals surface area contributed by atoms with Crippen LogP contribution in [-0.2, 0) is 0 Å². The second-order valence-corrected chi connectivity index (χ2v) is 7.91. The summed E-state index contributed by atoms with van der Waals surface area (Å²) in [5.41, 5.74) is 1.41. The number of rotatable bonds is 6. The van der Waals surface area contributed by atoms with E-state index in [9.17, 15) is 4.79 Å². The van der Waals surface area contributed by atoms with Crippen LogP contribution in [0.3, 0.4) is 0 Å². The van der Waals surface area contributed by atoms with Crippen molar-refractivity contribution in [2.45, 2.75) is 13.8 Å². The van der Waals surface area contributed by atoms with E-state index in [1.165, 1.54) is 15.9 Å². The zero-order valence-corrected chi connectivity index (χ0v) is 17.1. The Kier molecular flexibility index (Phi) is 5.26. The van der Waals surface area contributed by atoms with Gasteiger partial charge in [-0.15, -0.1) is 5.10 Å². The van der Waals surface area contributed by atoms with Gasteiger partial charge in [0.1, 0.15) is 0 Å². The predicted octanol–water partition coefficient (Wildman–Crippen LogP) is 2.80. The number of fused-ring (bicyclic) bond motifs is 1. The Morgan fingerprint density at radius 3 is 2.79 bits per heavy atom. The molecule has 0 amide bonds. The molecule has 1 aromatic carbocycles. The van der Waals surface area contributed by atoms with Crippen molar-refractivity contribution < 1.29 is 9.47 Å². The Balaban J connectivity index is 1.68. The molecule has 0 radical (unpaired) electrons. The van der Waals surface area contributed by atoms with Gasteiger partial charge in [-0.25, -0.2) is 0 Å². The number of aromatic nitrogens is 4. The molecule has 3 heterocycles. The van der Waals surface area contributed by atoms with E-state index in [4.69, 9.17) is 9.47 Å². The molecule has 29 heavy (non-hydrogen) atoms. The van der Waals surface area contributed by atoms with Crippen LogP contribution in [0.4, 0.5) is 0 Å². The van der Waals surface area contributed by atoms with Gasteiger partial charge in [0.15, 0.2) is 17.3 Å². The van der Waals surface area contributed by atoms with E-state index < -0.39 is 0 Å². The highest BCUT2D eigenvalue weighted by Gasteiger charge is 2.12. The number of thiazole rings is 1. The Labute approximate surface area is 171 Å². The highest BCUT2D eigenvalue weighted by molar-refractivity contribution is 7.15. The van der Waals surface area contributed by atoms with Crippen molar-refractivity contribution in [1.29, 1.82) is 0 Å². The maximum atomic E-state index is 12.7. The molecule has 7 nitrogen and oxygen atoms in total. The first-order chi connectivity index (χ1) is 14.0. The summed E-state index contributed by atoms with van der Waals surface area (Å²) < 4.78 is 13.1. The molecular weight excluding hydrogens is 388 g/mol. The summed E-state index contributed by atoms with van der Waals surface area (Å²) in [4.78, 5) is 21.8. The van der Waals surface area contributed by atoms with Gasteiger partial charge in [-0.1, -0.05) is 31.3 Å². The van der Waals surface area contributed by atoms with Crippen molar-refractivity contribution in [3.8, 4) is 22.9 Å². The van der Waals surface area contributed by atoms with Gasteiger partial charge in [-0.3, -0.25) is 9.78 Å². The van der Waals surface area contributed by atoms with Crippen molar-refractivity contribution in [1.82, 2.24) is 19.6 Å². The molecule has 0 atom stereocenters. The molecule has 0 N–H and O–H groups in total. The number of hydrogen-bond donors (Lipinski definition) is 0. The average molecular weight is 408 g/mol. The predicted molar refractivity (Wildman–Crippen MR) is 112 cm³/mol. The van der Waals surface area contributed by atoms with Crippen molar-refractivity contribution in [2.24, 2.45) is 5.92 Å². The molecule has 0 saturated carbocycles. The van der Waals surface area contributed by atoms with Gasteiger partial charge in [-0.2, -0.15) is 9.50 Å². The van der Waals surface area contributed by atoms with Crippen LogP contribution in [0.1, 0.15) is 19.4 Å². The van der Waals surface area contributed by atoms with Crippen LogP contribution in [-0.4, -0.2) is 33.3 Å². The minimum absolute atomic E-state index is 0.202. The van der Waals surface area contributed by atoms with Crippen LogP contribution in [0, 0.1) is 5.92 Å². The molecule has 0 aliphatic heterocycles. The second kappa shape index (κ2) is 8.00. The van der Waals surface area contributed by atoms with Gasteiger partial charge < -0.3 is 9.47 Å². The summed E-state index contributed by atoms with van der Waals surface area (Å²) in [7, 11) is 1.60. The topological polar surface area (TPSA) is 78.6 Å². The largest absolute Gasteiger partial charge is 0.493 e. The summed E-state index contributed by atoms with van der Waals surface area (Å²) >= 11 is 1.29. The van der Waals surface area contributed by atoms with E-state index in [-0.39, 0.29) is 5.56 Å². The Hall–Kier alpha value is -3.26. The monoisotopic (exact) mass is 408 g/mol. The third-order valence-corrected chi connectivity index (χ3v) is 5.12. The normalized spacial score (nSPS) is 12.1. The minimum atomic E-state index is -0.202. The van der Waals surface area contributed by atoms with Crippen molar-refractivity contribution in [3.63, 3.8) is 0 Å². The molecular formula is C21H20N4O3S. The van der Waals surface area contributed by atoms with Crippen LogP contribution in [0.15, 0.2) is 47.5 Å². The van der Waals surface area contributed by atoms with E-state index in [0.29, 0.717) is 39.3 Å². The zero-order chi connectivity index (χ0) is 20.4. The average Bonchev–Trinajstić information content (AvgIpc) is 3.27. The highest BCUT2D eigenvalue weighted by Crippen LogP contribution is 2.28. The summed E-state index contributed by atoms with van der Waals surface area (Å²) in [6.07, 6.45) is 5.16. The zero-order valence-electron chi connectivity index (χ0n) is 16.3. The number of methoxy groups -OCH3 is 1. The molecule has 4 aromatic rings. The van der Waals surface area contributed by atoms with E-state index >= 15 is 0 Å². The molecule has 8 heteroatoms.